The highest BCUT2D eigenvalue weighted by Gasteiger charge is 2.21. The minimum absolute atomic E-state index is 0.162. The van der Waals surface area contributed by atoms with Crippen molar-refractivity contribution in [2.75, 3.05) is 5.32 Å². The van der Waals surface area contributed by atoms with Gasteiger partial charge >= 0.3 is 0 Å². The zero-order valence-corrected chi connectivity index (χ0v) is 8.27. The van der Waals surface area contributed by atoms with Crippen molar-refractivity contribution in [3.63, 3.8) is 0 Å². The summed E-state index contributed by atoms with van der Waals surface area (Å²) >= 11 is 0. The first-order valence-corrected chi connectivity index (χ1v) is 4.85. The van der Waals surface area contributed by atoms with Crippen molar-refractivity contribution < 1.29 is 4.92 Å². The molecule has 0 aromatic heterocycles. The lowest BCUT2D eigenvalue weighted by molar-refractivity contribution is -0.384. The van der Waals surface area contributed by atoms with Gasteiger partial charge in [0.2, 0.25) is 0 Å². The lowest BCUT2D eigenvalue weighted by atomic mass is 10.1. The number of hydrogen-bond acceptors (Lipinski definition) is 3. The zero-order valence-electron chi connectivity index (χ0n) is 8.27. The lowest BCUT2D eigenvalue weighted by Gasteiger charge is -2.06. The van der Waals surface area contributed by atoms with Crippen LogP contribution in [0.5, 0.6) is 0 Å². The summed E-state index contributed by atoms with van der Waals surface area (Å²) in [5, 5.41) is 13.9. The summed E-state index contributed by atoms with van der Waals surface area (Å²) in [6, 6.07) is 5.28. The second kappa shape index (κ2) is 3.73. The van der Waals surface area contributed by atoms with Crippen LogP contribution in [-0.4, -0.2) is 11.0 Å². The number of nitrogens with one attached hydrogen (secondary N) is 1. The fraction of sp³-hybridized carbons (Fsp3) is 0.273. The van der Waals surface area contributed by atoms with Gasteiger partial charge in [-0.25, -0.2) is 0 Å². The number of nitro groups is 1. The van der Waals surface area contributed by atoms with Gasteiger partial charge in [-0.05, 0) is 24.5 Å². The molecule has 1 aromatic rings. The van der Waals surface area contributed by atoms with Gasteiger partial charge in [0.05, 0.1) is 4.92 Å². The van der Waals surface area contributed by atoms with Crippen LogP contribution in [0.3, 0.4) is 0 Å². The molecule has 1 aromatic carbocycles. The Kier molecular flexibility index (Phi) is 2.41. The van der Waals surface area contributed by atoms with Crippen LogP contribution >= 0.6 is 0 Å². The molecule has 2 rings (SSSR count). The SMILES string of the molecule is C=CC[C@H]1Cc2cc([N+](=O)[O-])ccc2N1. The summed E-state index contributed by atoms with van der Waals surface area (Å²) in [6.07, 6.45) is 3.57. The van der Waals surface area contributed by atoms with Crippen LogP contribution < -0.4 is 5.32 Å². The first-order chi connectivity index (χ1) is 7.20. The summed E-state index contributed by atoms with van der Waals surface area (Å²) in [5.74, 6) is 0. The van der Waals surface area contributed by atoms with E-state index in [1.165, 1.54) is 6.07 Å². The molecular weight excluding hydrogens is 192 g/mol. The molecule has 1 atom stereocenters. The number of hydrogen-bond donors (Lipinski definition) is 1. The Balaban J connectivity index is 2.23. The third-order valence-corrected chi connectivity index (χ3v) is 2.58. The van der Waals surface area contributed by atoms with E-state index in [1.807, 2.05) is 6.08 Å². The Morgan fingerprint density at radius 3 is 3.13 bits per heavy atom. The van der Waals surface area contributed by atoms with E-state index in [0.717, 1.165) is 24.1 Å². The van der Waals surface area contributed by atoms with Gasteiger partial charge in [-0.15, -0.1) is 6.58 Å². The molecule has 1 N–H and O–H groups in total. The highest BCUT2D eigenvalue weighted by molar-refractivity contribution is 5.60. The average Bonchev–Trinajstić information content (AvgIpc) is 2.59. The highest BCUT2D eigenvalue weighted by atomic mass is 16.6. The first-order valence-electron chi connectivity index (χ1n) is 4.85. The number of nitrogens with zero attached hydrogens (tertiary/aromatic N) is 1. The van der Waals surface area contributed by atoms with Crippen molar-refractivity contribution in [2.45, 2.75) is 18.9 Å². The quantitative estimate of drug-likeness (QED) is 0.467. The number of nitro benzene ring substituents is 1. The van der Waals surface area contributed by atoms with Crippen LogP contribution in [0.4, 0.5) is 11.4 Å². The summed E-state index contributed by atoms with van der Waals surface area (Å²) in [5.41, 5.74) is 2.19. The third kappa shape index (κ3) is 1.83. The molecule has 1 heterocycles. The van der Waals surface area contributed by atoms with Crippen molar-refractivity contribution in [3.8, 4) is 0 Å². The summed E-state index contributed by atoms with van der Waals surface area (Å²) in [7, 11) is 0. The molecule has 15 heavy (non-hydrogen) atoms. The maximum atomic E-state index is 10.6. The smallest absolute Gasteiger partial charge is 0.269 e. The van der Waals surface area contributed by atoms with Crippen LogP contribution in [0.1, 0.15) is 12.0 Å². The monoisotopic (exact) mass is 204 g/mol. The minimum atomic E-state index is -0.360. The Bertz CT molecular complexity index is 415. The van der Waals surface area contributed by atoms with Gasteiger partial charge in [-0.3, -0.25) is 10.1 Å². The molecule has 1 aliphatic rings. The van der Waals surface area contributed by atoms with E-state index >= 15 is 0 Å². The Labute approximate surface area is 87.8 Å². The second-order valence-corrected chi connectivity index (χ2v) is 3.67. The summed E-state index contributed by atoms with van der Waals surface area (Å²) < 4.78 is 0. The first kappa shape index (κ1) is 9.71. The van der Waals surface area contributed by atoms with Crippen LogP contribution in [0.25, 0.3) is 0 Å². The van der Waals surface area contributed by atoms with Crippen molar-refractivity contribution in [3.05, 3.63) is 46.5 Å². The molecule has 0 amide bonds. The molecule has 0 bridgehead atoms. The third-order valence-electron chi connectivity index (χ3n) is 2.58. The number of anilines is 1. The Morgan fingerprint density at radius 1 is 1.67 bits per heavy atom. The molecular formula is C11H12N2O2. The van der Waals surface area contributed by atoms with Crippen LogP contribution in [0, 0.1) is 10.1 Å². The fourth-order valence-electron chi connectivity index (χ4n) is 1.88. The standard InChI is InChI=1S/C11H12N2O2/c1-2-3-9-6-8-7-10(13(14)15)4-5-11(8)12-9/h2,4-5,7,9,12H,1,3,6H2/t9-/m0/s1. The molecule has 0 spiro atoms. The largest absolute Gasteiger partial charge is 0.381 e. The van der Waals surface area contributed by atoms with Gasteiger partial charge in [0.25, 0.3) is 5.69 Å². The van der Waals surface area contributed by atoms with Crippen molar-refractivity contribution >= 4 is 11.4 Å². The van der Waals surface area contributed by atoms with Crippen molar-refractivity contribution in [1.29, 1.82) is 0 Å². The van der Waals surface area contributed by atoms with E-state index in [0.29, 0.717) is 6.04 Å². The van der Waals surface area contributed by atoms with Gasteiger partial charge in [0.15, 0.2) is 0 Å². The number of benzene rings is 1. The van der Waals surface area contributed by atoms with Crippen molar-refractivity contribution in [2.24, 2.45) is 0 Å². The van der Waals surface area contributed by atoms with Gasteiger partial charge in [0, 0.05) is 23.9 Å². The van der Waals surface area contributed by atoms with E-state index < -0.39 is 0 Å². The normalized spacial score (nSPS) is 18.0. The van der Waals surface area contributed by atoms with Gasteiger partial charge in [-0.2, -0.15) is 0 Å². The van der Waals surface area contributed by atoms with Crippen LogP contribution in [-0.2, 0) is 6.42 Å². The molecule has 0 saturated carbocycles. The molecule has 1 aliphatic heterocycles. The predicted molar refractivity (Wildman–Crippen MR) is 59.0 cm³/mol. The molecule has 0 unspecified atom stereocenters. The fourth-order valence-corrected chi connectivity index (χ4v) is 1.88. The van der Waals surface area contributed by atoms with E-state index in [4.69, 9.17) is 0 Å². The zero-order chi connectivity index (χ0) is 10.8. The number of fused-ring (bicyclic) bond motifs is 1. The van der Waals surface area contributed by atoms with E-state index in [2.05, 4.69) is 11.9 Å². The van der Waals surface area contributed by atoms with Crippen LogP contribution in [0.2, 0.25) is 0 Å². The molecule has 0 radical (unpaired) electrons. The second-order valence-electron chi connectivity index (χ2n) is 3.67. The van der Waals surface area contributed by atoms with Gasteiger partial charge < -0.3 is 5.32 Å². The summed E-state index contributed by atoms with van der Waals surface area (Å²) in [4.78, 5) is 10.2. The molecule has 4 nitrogen and oxygen atoms in total. The Hall–Kier alpha value is -1.84. The van der Waals surface area contributed by atoms with E-state index in [1.54, 1.807) is 12.1 Å². The maximum Gasteiger partial charge on any atom is 0.269 e. The molecule has 0 saturated heterocycles. The predicted octanol–water partition coefficient (Wildman–Crippen LogP) is 2.51. The van der Waals surface area contributed by atoms with Crippen LogP contribution in [0.15, 0.2) is 30.9 Å². The maximum absolute atomic E-state index is 10.6. The Morgan fingerprint density at radius 2 is 2.47 bits per heavy atom. The van der Waals surface area contributed by atoms with E-state index in [9.17, 15) is 10.1 Å². The van der Waals surface area contributed by atoms with E-state index in [-0.39, 0.29) is 10.6 Å². The van der Waals surface area contributed by atoms with Crippen molar-refractivity contribution in [1.82, 2.24) is 0 Å². The number of rotatable bonds is 3. The highest BCUT2D eigenvalue weighted by Crippen LogP contribution is 2.30. The molecule has 0 aliphatic carbocycles. The molecule has 4 heteroatoms. The molecule has 78 valence electrons. The molecule has 0 fully saturated rings. The lowest BCUT2D eigenvalue weighted by Crippen LogP contribution is -2.13. The number of non-ortho nitro benzene ring substituents is 1. The summed E-state index contributed by atoms with van der Waals surface area (Å²) in [6.45, 7) is 3.68. The van der Waals surface area contributed by atoms with Gasteiger partial charge in [-0.1, -0.05) is 6.08 Å². The van der Waals surface area contributed by atoms with Gasteiger partial charge in [0.1, 0.15) is 0 Å². The topological polar surface area (TPSA) is 55.2 Å². The minimum Gasteiger partial charge on any atom is -0.381 e. The average molecular weight is 204 g/mol.